The van der Waals surface area contributed by atoms with Crippen molar-refractivity contribution in [1.29, 1.82) is 0 Å². The molecular formula is C21H18INO3. The van der Waals surface area contributed by atoms with Crippen LogP contribution in [0.2, 0.25) is 0 Å². The van der Waals surface area contributed by atoms with Crippen LogP contribution >= 0.6 is 22.6 Å². The fourth-order valence-corrected chi connectivity index (χ4v) is 3.29. The number of hydrogen-bond acceptors (Lipinski definition) is 3. The van der Waals surface area contributed by atoms with E-state index in [2.05, 4.69) is 34.0 Å². The quantitative estimate of drug-likeness (QED) is 0.453. The zero-order valence-corrected chi connectivity index (χ0v) is 16.4. The summed E-state index contributed by atoms with van der Waals surface area (Å²) in [6.07, 6.45) is 0. The second kappa shape index (κ2) is 8.31. The van der Waals surface area contributed by atoms with Gasteiger partial charge in [-0.05, 0) is 64.0 Å². The lowest BCUT2D eigenvalue weighted by Gasteiger charge is -2.15. The maximum atomic E-state index is 12.1. The van der Waals surface area contributed by atoms with Gasteiger partial charge in [-0.1, -0.05) is 48.5 Å². The molecule has 0 heterocycles. The minimum absolute atomic E-state index is 0.178. The van der Waals surface area contributed by atoms with Gasteiger partial charge in [0, 0.05) is 3.57 Å². The van der Waals surface area contributed by atoms with Crippen LogP contribution in [0.15, 0.2) is 66.7 Å². The number of ether oxygens (including phenoxy) is 1. The standard InChI is InChI=1S/C21H18INO3/c1-14(16-11-10-15-6-2-3-7-17(15)12-16)23-20(24)13-26-21(25)18-8-4-5-9-19(18)22/h2-12,14H,13H2,1H3,(H,23,24). The van der Waals surface area contributed by atoms with Crippen LogP contribution in [0.4, 0.5) is 0 Å². The molecule has 0 aliphatic heterocycles. The molecule has 5 heteroatoms. The highest BCUT2D eigenvalue weighted by Crippen LogP contribution is 2.20. The van der Waals surface area contributed by atoms with Gasteiger partial charge in [0.1, 0.15) is 0 Å². The van der Waals surface area contributed by atoms with Gasteiger partial charge in [0.15, 0.2) is 6.61 Å². The van der Waals surface area contributed by atoms with Gasteiger partial charge in [-0.3, -0.25) is 4.79 Å². The van der Waals surface area contributed by atoms with Crippen LogP contribution in [-0.2, 0) is 9.53 Å². The molecule has 3 aromatic carbocycles. The Hall–Kier alpha value is -2.41. The Balaban J connectivity index is 1.58. The number of amides is 1. The fraction of sp³-hybridized carbons (Fsp3) is 0.143. The van der Waals surface area contributed by atoms with E-state index < -0.39 is 5.97 Å². The molecule has 3 rings (SSSR count). The van der Waals surface area contributed by atoms with Gasteiger partial charge in [0.05, 0.1) is 11.6 Å². The predicted octanol–water partition coefficient (Wildman–Crippen LogP) is 4.48. The second-order valence-corrected chi connectivity index (χ2v) is 7.11. The summed E-state index contributed by atoms with van der Waals surface area (Å²) in [7, 11) is 0. The number of benzene rings is 3. The first-order valence-corrected chi connectivity index (χ1v) is 9.32. The Morgan fingerprint density at radius 3 is 2.46 bits per heavy atom. The fourth-order valence-electron chi connectivity index (χ4n) is 2.68. The first kappa shape index (κ1) is 18.4. The Bertz CT molecular complexity index is 955. The van der Waals surface area contributed by atoms with Crippen molar-refractivity contribution >= 4 is 45.2 Å². The summed E-state index contributed by atoms with van der Waals surface area (Å²) in [6, 6.07) is 21.1. The van der Waals surface area contributed by atoms with E-state index in [1.54, 1.807) is 12.1 Å². The third kappa shape index (κ3) is 4.40. The lowest BCUT2D eigenvalue weighted by molar-refractivity contribution is -0.124. The van der Waals surface area contributed by atoms with Crippen LogP contribution in [0.5, 0.6) is 0 Å². The molecule has 3 aromatic rings. The summed E-state index contributed by atoms with van der Waals surface area (Å²) < 4.78 is 5.91. The molecule has 1 N–H and O–H groups in total. The monoisotopic (exact) mass is 459 g/mol. The molecule has 132 valence electrons. The van der Waals surface area contributed by atoms with Crippen LogP contribution in [-0.4, -0.2) is 18.5 Å². The molecule has 0 aliphatic carbocycles. The highest BCUT2D eigenvalue weighted by Gasteiger charge is 2.15. The van der Waals surface area contributed by atoms with E-state index in [1.165, 1.54) is 0 Å². The first-order chi connectivity index (χ1) is 12.5. The molecule has 1 amide bonds. The molecule has 0 aliphatic rings. The topological polar surface area (TPSA) is 55.4 Å². The van der Waals surface area contributed by atoms with E-state index in [-0.39, 0.29) is 18.6 Å². The maximum Gasteiger partial charge on any atom is 0.339 e. The summed E-state index contributed by atoms with van der Waals surface area (Å²) in [5.41, 5.74) is 1.46. The molecule has 0 radical (unpaired) electrons. The Labute approximate surface area is 165 Å². The van der Waals surface area contributed by atoms with Crippen molar-refractivity contribution < 1.29 is 14.3 Å². The normalized spacial score (nSPS) is 11.8. The lowest BCUT2D eigenvalue weighted by Crippen LogP contribution is -2.31. The van der Waals surface area contributed by atoms with E-state index >= 15 is 0 Å². The van der Waals surface area contributed by atoms with Gasteiger partial charge < -0.3 is 10.1 Å². The van der Waals surface area contributed by atoms with Crippen molar-refractivity contribution in [3.63, 3.8) is 0 Å². The van der Waals surface area contributed by atoms with Gasteiger partial charge in [-0.25, -0.2) is 4.79 Å². The molecule has 0 spiro atoms. The molecule has 26 heavy (non-hydrogen) atoms. The number of esters is 1. The highest BCUT2D eigenvalue weighted by molar-refractivity contribution is 14.1. The van der Waals surface area contributed by atoms with E-state index in [0.717, 1.165) is 19.9 Å². The molecule has 4 nitrogen and oxygen atoms in total. The van der Waals surface area contributed by atoms with Gasteiger partial charge >= 0.3 is 5.97 Å². The number of halogens is 1. The molecule has 0 bridgehead atoms. The predicted molar refractivity (Wildman–Crippen MR) is 110 cm³/mol. The maximum absolute atomic E-state index is 12.1. The van der Waals surface area contributed by atoms with E-state index in [0.29, 0.717) is 5.56 Å². The summed E-state index contributed by atoms with van der Waals surface area (Å²) in [6.45, 7) is 1.60. The number of carbonyl (C=O) groups is 2. The van der Waals surface area contributed by atoms with Gasteiger partial charge in [0.2, 0.25) is 0 Å². The largest absolute Gasteiger partial charge is 0.452 e. The summed E-state index contributed by atoms with van der Waals surface area (Å²) in [5.74, 6) is -0.826. The van der Waals surface area contributed by atoms with Crippen LogP contribution in [0.1, 0.15) is 28.9 Å². The molecule has 0 saturated heterocycles. The minimum atomic E-state index is -0.497. The smallest absolute Gasteiger partial charge is 0.339 e. The van der Waals surface area contributed by atoms with Crippen molar-refractivity contribution in [2.24, 2.45) is 0 Å². The van der Waals surface area contributed by atoms with Crippen molar-refractivity contribution in [2.75, 3.05) is 6.61 Å². The van der Waals surface area contributed by atoms with Crippen molar-refractivity contribution in [3.8, 4) is 0 Å². The minimum Gasteiger partial charge on any atom is -0.452 e. The average Bonchev–Trinajstić information content (AvgIpc) is 2.66. The van der Waals surface area contributed by atoms with Crippen LogP contribution in [0, 0.1) is 3.57 Å². The number of hydrogen-bond donors (Lipinski definition) is 1. The number of carbonyl (C=O) groups excluding carboxylic acids is 2. The lowest BCUT2D eigenvalue weighted by atomic mass is 10.0. The van der Waals surface area contributed by atoms with E-state index in [9.17, 15) is 9.59 Å². The number of fused-ring (bicyclic) bond motifs is 1. The second-order valence-electron chi connectivity index (χ2n) is 5.95. The van der Waals surface area contributed by atoms with E-state index in [4.69, 9.17) is 4.74 Å². The Kier molecular flexibility index (Phi) is 5.88. The Morgan fingerprint density at radius 2 is 1.69 bits per heavy atom. The zero-order valence-electron chi connectivity index (χ0n) is 14.2. The molecule has 0 saturated carbocycles. The number of nitrogens with one attached hydrogen (secondary N) is 1. The number of rotatable bonds is 5. The van der Waals surface area contributed by atoms with Crippen molar-refractivity contribution in [2.45, 2.75) is 13.0 Å². The zero-order chi connectivity index (χ0) is 18.5. The third-order valence-corrected chi connectivity index (χ3v) is 5.02. The molecule has 1 atom stereocenters. The third-order valence-electron chi connectivity index (χ3n) is 4.08. The summed E-state index contributed by atoms with van der Waals surface area (Å²) in [5, 5.41) is 5.14. The van der Waals surface area contributed by atoms with Crippen LogP contribution in [0.3, 0.4) is 0 Å². The molecule has 1 unspecified atom stereocenters. The first-order valence-electron chi connectivity index (χ1n) is 8.24. The van der Waals surface area contributed by atoms with Gasteiger partial charge in [0.25, 0.3) is 5.91 Å². The summed E-state index contributed by atoms with van der Waals surface area (Å²) in [4.78, 5) is 24.2. The van der Waals surface area contributed by atoms with Gasteiger partial charge in [-0.15, -0.1) is 0 Å². The SMILES string of the molecule is CC(NC(=O)COC(=O)c1ccccc1I)c1ccc2ccccc2c1. The van der Waals surface area contributed by atoms with Crippen molar-refractivity contribution in [1.82, 2.24) is 5.32 Å². The molecule has 0 fully saturated rings. The van der Waals surface area contributed by atoms with Gasteiger partial charge in [-0.2, -0.15) is 0 Å². The van der Waals surface area contributed by atoms with Crippen LogP contribution in [0.25, 0.3) is 10.8 Å². The van der Waals surface area contributed by atoms with E-state index in [1.807, 2.05) is 55.5 Å². The molecular weight excluding hydrogens is 441 g/mol. The van der Waals surface area contributed by atoms with Crippen molar-refractivity contribution in [3.05, 3.63) is 81.4 Å². The molecule has 0 aromatic heterocycles. The average molecular weight is 459 g/mol. The van der Waals surface area contributed by atoms with Crippen LogP contribution < -0.4 is 5.32 Å². The summed E-state index contributed by atoms with van der Waals surface area (Å²) >= 11 is 2.07. The highest BCUT2D eigenvalue weighted by atomic mass is 127. The Morgan fingerprint density at radius 1 is 1.00 bits per heavy atom.